The number of hydrogen-bond donors (Lipinski definition) is 1. The fraction of sp³-hybridized carbons (Fsp3) is 0.467. The first-order valence-corrected chi connectivity index (χ1v) is 14.3. The second-order valence-corrected chi connectivity index (χ2v) is 10.5. The maximum Gasteiger partial charge on any atom is 0.266 e. The van der Waals surface area contributed by atoms with Crippen LogP contribution >= 0.6 is 0 Å². The monoisotopic (exact) mass is 546 g/mol. The van der Waals surface area contributed by atoms with Gasteiger partial charge in [0.1, 0.15) is 29.5 Å². The molecule has 4 aromatic rings. The summed E-state index contributed by atoms with van der Waals surface area (Å²) in [6.07, 6.45) is 7.68. The van der Waals surface area contributed by atoms with Crippen LogP contribution < -0.4 is 20.3 Å². The summed E-state index contributed by atoms with van der Waals surface area (Å²) in [5, 5.41) is 13.8. The Kier molecular flexibility index (Phi) is 7.68. The molecule has 40 heavy (non-hydrogen) atoms. The van der Waals surface area contributed by atoms with Crippen molar-refractivity contribution in [1.82, 2.24) is 24.5 Å². The highest BCUT2D eigenvalue weighted by Crippen LogP contribution is 2.37. The van der Waals surface area contributed by atoms with Gasteiger partial charge in [-0.05, 0) is 56.9 Å². The maximum absolute atomic E-state index is 11.7. The maximum atomic E-state index is 11.7. The Morgan fingerprint density at radius 2 is 1.73 bits per heavy atom. The molecule has 212 valence electrons. The van der Waals surface area contributed by atoms with E-state index >= 15 is 0 Å². The quantitative estimate of drug-likeness (QED) is 0.330. The Morgan fingerprint density at radius 1 is 0.975 bits per heavy atom. The summed E-state index contributed by atoms with van der Waals surface area (Å²) in [5.41, 5.74) is 2.90. The highest BCUT2D eigenvalue weighted by molar-refractivity contribution is 5.94. The molecule has 0 spiro atoms. The van der Waals surface area contributed by atoms with E-state index in [1.165, 1.54) is 10.7 Å². The van der Waals surface area contributed by atoms with Crippen molar-refractivity contribution in [3.05, 3.63) is 59.0 Å². The molecule has 4 heterocycles. The van der Waals surface area contributed by atoms with E-state index in [4.69, 9.17) is 19.3 Å². The van der Waals surface area contributed by atoms with Gasteiger partial charge in [-0.1, -0.05) is 0 Å². The lowest BCUT2D eigenvalue weighted by Crippen LogP contribution is -2.27. The minimum Gasteiger partial charge on any atom is -0.490 e. The van der Waals surface area contributed by atoms with Crippen molar-refractivity contribution in [3.63, 3.8) is 0 Å². The SMILES string of the molecule is CCNc1cc2c(cn1)c(-c1ccc(OC3CCOCC3)cc1)nn2C1CCC(Oc2ccc(=O)n(C)n2)CC1.[HH]. The van der Waals surface area contributed by atoms with Gasteiger partial charge in [-0.3, -0.25) is 9.48 Å². The lowest BCUT2D eigenvalue weighted by atomic mass is 9.93. The zero-order valence-electron chi connectivity index (χ0n) is 23.1. The van der Waals surface area contributed by atoms with Gasteiger partial charge in [-0.2, -0.15) is 5.10 Å². The number of anilines is 1. The van der Waals surface area contributed by atoms with Crippen molar-refractivity contribution < 1.29 is 15.6 Å². The van der Waals surface area contributed by atoms with Gasteiger partial charge >= 0.3 is 0 Å². The van der Waals surface area contributed by atoms with E-state index in [9.17, 15) is 4.79 Å². The second kappa shape index (κ2) is 11.7. The van der Waals surface area contributed by atoms with E-state index in [1.54, 1.807) is 13.1 Å². The van der Waals surface area contributed by atoms with Gasteiger partial charge in [0, 0.05) is 63.2 Å². The third-order valence-corrected chi connectivity index (χ3v) is 7.76. The molecule has 2 aliphatic rings. The molecular formula is C30H38N6O4. The zero-order chi connectivity index (χ0) is 27.5. The predicted molar refractivity (Wildman–Crippen MR) is 155 cm³/mol. The number of ether oxygens (including phenoxy) is 3. The number of rotatable bonds is 8. The molecule has 1 saturated heterocycles. The fourth-order valence-electron chi connectivity index (χ4n) is 5.60. The Bertz CT molecular complexity index is 1510. The molecular weight excluding hydrogens is 508 g/mol. The molecule has 0 bridgehead atoms. The first-order valence-electron chi connectivity index (χ1n) is 14.3. The van der Waals surface area contributed by atoms with E-state index < -0.39 is 0 Å². The van der Waals surface area contributed by atoms with Crippen molar-refractivity contribution in [1.29, 1.82) is 0 Å². The molecule has 1 N–H and O–H groups in total. The Hall–Kier alpha value is -3.92. The summed E-state index contributed by atoms with van der Waals surface area (Å²) >= 11 is 0. The highest BCUT2D eigenvalue weighted by Gasteiger charge is 2.27. The largest absolute Gasteiger partial charge is 0.490 e. The summed E-state index contributed by atoms with van der Waals surface area (Å²) in [6, 6.07) is 13.7. The molecule has 3 aromatic heterocycles. The number of benzene rings is 1. The van der Waals surface area contributed by atoms with Crippen LogP contribution in [0.15, 0.2) is 53.5 Å². The number of fused-ring (bicyclic) bond motifs is 1. The number of aryl methyl sites for hydroxylation is 1. The van der Waals surface area contributed by atoms with Crippen LogP contribution in [0.1, 0.15) is 52.9 Å². The molecule has 6 rings (SSSR count). The molecule has 1 aliphatic carbocycles. The molecule has 1 saturated carbocycles. The molecule has 0 amide bonds. The Morgan fingerprint density at radius 3 is 2.45 bits per heavy atom. The van der Waals surface area contributed by atoms with Crippen LogP contribution in [0, 0.1) is 0 Å². The van der Waals surface area contributed by atoms with Crippen LogP contribution in [-0.2, 0) is 11.8 Å². The lowest BCUT2D eigenvalue weighted by Gasteiger charge is -2.29. The smallest absolute Gasteiger partial charge is 0.266 e. The van der Waals surface area contributed by atoms with Crippen LogP contribution in [0.3, 0.4) is 0 Å². The van der Waals surface area contributed by atoms with Crippen molar-refractivity contribution in [3.8, 4) is 22.9 Å². The van der Waals surface area contributed by atoms with E-state index in [0.29, 0.717) is 5.88 Å². The van der Waals surface area contributed by atoms with Crippen LogP contribution in [0.2, 0.25) is 0 Å². The van der Waals surface area contributed by atoms with Crippen LogP contribution in [0.25, 0.3) is 22.2 Å². The molecule has 0 radical (unpaired) electrons. The summed E-state index contributed by atoms with van der Waals surface area (Å²) < 4.78 is 21.2. The van der Waals surface area contributed by atoms with Crippen LogP contribution in [0.5, 0.6) is 11.6 Å². The topological polar surface area (TPSA) is 105 Å². The summed E-state index contributed by atoms with van der Waals surface area (Å²) in [4.78, 5) is 16.3. The third kappa shape index (κ3) is 5.67. The minimum absolute atomic E-state index is 0. The zero-order valence-corrected chi connectivity index (χ0v) is 23.1. The average molecular weight is 547 g/mol. The molecule has 1 aromatic carbocycles. The van der Waals surface area contributed by atoms with Gasteiger partial charge in [0.05, 0.1) is 24.8 Å². The van der Waals surface area contributed by atoms with Gasteiger partial charge in [-0.15, -0.1) is 5.10 Å². The summed E-state index contributed by atoms with van der Waals surface area (Å²) in [7, 11) is 1.63. The first kappa shape index (κ1) is 26.3. The van der Waals surface area contributed by atoms with Gasteiger partial charge in [0.15, 0.2) is 0 Å². The van der Waals surface area contributed by atoms with E-state index in [2.05, 4.69) is 45.2 Å². The normalized spacial score (nSPS) is 19.9. The van der Waals surface area contributed by atoms with Crippen molar-refractivity contribution in [2.75, 3.05) is 25.1 Å². The van der Waals surface area contributed by atoms with Crippen molar-refractivity contribution in [2.45, 2.75) is 63.7 Å². The van der Waals surface area contributed by atoms with E-state index in [-0.39, 0.29) is 25.2 Å². The molecule has 0 atom stereocenters. The number of nitrogens with zero attached hydrogens (tertiary/aromatic N) is 5. The number of aromatic nitrogens is 5. The standard InChI is InChI=1S/C30H36N6O4.H2/c1-3-31-27-18-26-25(19-32-27)30(20-4-8-22(9-5-20)39-24-14-16-38-17-15-24)34-36(26)21-6-10-23(11-7-21)40-28-12-13-29(37)35(2)33-28;/h4-5,8-9,12-13,18-19,21,23-24H,3,6-7,10-11,14-17H2,1-2H3,(H,31,32);1H. The molecule has 1 aliphatic heterocycles. The molecule has 10 nitrogen and oxygen atoms in total. The second-order valence-electron chi connectivity index (χ2n) is 10.5. The average Bonchev–Trinajstić information content (AvgIpc) is 3.35. The number of pyridine rings is 1. The Labute approximate surface area is 234 Å². The van der Waals surface area contributed by atoms with Gasteiger partial charge in [0.25, 0.3) is 5.56 Å². The van der Waals surface area contributed by atoms with Crippen LogP contribution in [0.4, 0.5) is 5.82 Å². The first-order chi connectivity index (χ1) is 19.6. The summed E-state index contributed by atoms with van der Waals surface area (Å²) in [5.74, 6) is 2.21. The van der Waals surface area contributed by atoms with Crippen LogP contribution in [-0.4, -0.2) is 56.5 Å². The fourth-order valence-corrected chi connectivity index (χ4v) is 5.60. The lowest BCUT2D eigenvalue weighted by molar-refractivity contribution is 0.0256. The highest BCUT2D eigenvalue weighted by atomic mass is 16.5. The molecule has 2 fully saturated rings. The Balaban J connectivity index is 0.00000337. The number of nitrogens with one attached hydrogen (secondary N) is 1. The third-order valence-electron chi connectivity index (χ3n) is 7.76. The minimum atomic E-state index is -0.148. The van der Waals surface area contributed by atoms with Crippen molar-refractivity contribution >= 4 is 16.7 Å². The van der Waals surface area contributed by atoms with E-state index in [0.717, 1.165) is 92.0 Å². The molecule has 10 heteroatoms. The van der Waals surface area contributed by atoms with Crippen molar-refractivity contribution in [2.24, 2.45) is 7.05 Å². The molecule has 0 unspecified atom stereocenters. The number of hydrogen-bond acceptors (Lipinski definition) is 8. The van der Waals surface area contributed by atoms with Gasteiger partial charge in [-0.25, -0.2) is 9.67 Å². The summed E-state index contributed by atoms with van der Waals surface area (Å²) in [6.45, 7) is 4.38. The van der Waals surface area contributed by atoms with Gasteiger partial charge in [0.2, 0.25) is 5.88 Å². The van der Waals surface area contributed by atoms with E-state index in [1.807, 2.05) is 18.3 Å². The van der Waals surface area contributed by atoms with Gasteiger partial charge < -0.3 is 19.5 Å². The predicted octanol–water partition coefficient (Wildman–Crippen LogP) is 4.99.